The van der Waals surface area contributed by atoms with E-state index in [0.717, 1.165) is 36.6 Å². The highest BCUT2D eigenvalue weighted by atomic mass is 32.2. The highest BCUT2D eigenvalue weighted by Crippen LogP contribution is 2.31. The number of nitrogens with zero attached hydrogens (tertiary/aromatic N) is 1. The van der Waals surface area contributed by atoms with Crippen LogP contribution in [0.15, 0.2) is 52.3 Å². The Morgan fingerprint density at radius 1 is 1.08 bits per heavy atom. The molecule has 132 valence electrons. The molecule has 0 atom stereocenters. The second-order valence-electron chi connectivity index (χ2n) is 6.15. The summed E-state index contributed by atoms with van der Waals surface area (Å²) in [6, 6.07) is 12.2. The van der Waals surface area contributed by atoms with Crippen LogP contribution in [0.4, 0.5) is 10.5 Å². The van der Waals surface area contributed by atoms with E-state index < -0.39 is 10.0 Å². The fourth-order valence-corrected chi connectivity index (χ4v) is 4.69. The maximum atomic E-state index is 12.8. The van der Waals surface area contributed by atoms with Crippen molar-refractivity contribution in [1.29, 1.82) is 0 Å². The van der Waals surface area contributed by atoms with E-state index in [2.05, 4.69) is 4.72 Å². The lowest BCUT2D eigenvalue weighted by atomic mass is 10.1. The molecule has 0 fully saturated rings. The van der Waals surface area contributed by atoms with Gasteiger partial charge in [-0.05, 0) is 66.4 Å². The fraction of sp³-hybridized carbons (Fsp3) is 0.278. The SMILES string of the molecule is CN(C)C(=O)Sc1ccccc1NS(=O)(=O)c1ccc2c(c1)CCC2. The van der Waals surface area contributed by atoms with Crippen LogP contribution in [0.2, 0.25) is 0 Å². The number of benzene rings is 2. The lowest BCUT2D eigenvalue weighted by Crippen LogP contribution is -2.17. The van der Waals surface area contributed by atoms with E-state index >= 15 is 0 Å². The normalized spacial score (nSPS) is 13.4. The maximum Gasteiger partial charge on any atom is 0.286 e. The number of thioether (sulfide) groups is 1. The van der Waals surface area contributed by atoms with Crippen molar-refractivity contribution < 1.29 is 13.2 Å². The molecule has 0 radical (unpaired) electrons. The van der Waals surface area contributed by atoms with Crippen molar-refractivity contribution in [1.82, 2.24) is 4.90 Å². The van der Waals surface area contributed by atoms with E-state index in [1.165, 1.54) is 10.5 Å². The first kappa shape index (κ1) is 17.8. The highest BCUT2D eigenvalue weighted by molar-refractivity contribution is 8.13. The minimum absolute atomic E-state index is 0.163. The lowest BCUT2D eigenvalue weighted by Gasteiger charge is -2.14. The van der Waals surface area contributed by atoms with Crippen LogP contribution in [-0.2, 0) is 22.9 Å². The van der Waals surface area contributed by atoms with E-state index in [-0.39, 0.29) is 10.1 Å². The Labute approximate surface area is 152 Å². The van der Waals surface area contributed by atoms with Crippen molar-refractivity contribution in [3.8, 4) is 0 Å². The molecule has 0 saturated heterocycles. The summed E-state index contributed by atoms with van der Waals surface area (Å²) >= 11 is 0.994. The summed E-state index contributed by atoms with van der Waals surface area (Å²) in [5.74, 6) is 0. The first-order chi connectivity index (χ1) is 11.9. The number of para-hydroxylation sites is 1. The molecule has 2 aromatic carbocycles. The lowest BCUT2D eigenvalue weighted by molar-refractivity contribution is 0.241. The van der Waals surface area contributed by atoms with Crippen molar-refractivity contribution >= 4 is 32.7 Å². The van der Waals surface area contributed by atoms with Crippen LogP contribution in [0.25, 0.3) is 0 Å². The molecule has 1 amide bonds. The summed E-state index contributed by atoms with van der Waals surface area (Å²) in [4.78, 5) is 14.2. The Morgan fingerprint density at radius 3 is 2.56 bits per heavy atom. The third-order valence-electron chi connectivity index (χ3n) is 4.07. The van der Waals surface area contributed by atoms with Gasteiger partial charge in [0.25, 0.3) is 15.3 Å². The molecule has 0 unspecified atom stereocenters. The second kappa shape index (κ2) is 7.09. The van der Waals surface area contributed by atoms with Gasteiger partial charge in [0, 0.05) is 19.0 Å². The first-order valence-electron chi connectivity index (χ1n) is 7.99. The summed E-state index contributed by atoms with van der Waals surface area (Å²) in [5, 5.41) is -0.163. The minimum atomic E-state index is -3.70. The van der Waals surface area contributed by atoms with Crippen LogP contribution in [0.3, 0.4) is 0 Å². The third kappa shape index (κ3) is 3.99. The molecule has 1 aliphatic rings. The number of fused-ring (bicyclic) bond motifs is 1. The molecule has 3 rings (SSSR count). The number of hydrogen-bond donors (Lipinski definition) is 1. The average molecular weight is 377 g/mol. The van der Waals surface area contributed by atoms with E-state index in [4.69, 9.17) is 0 Å². The van der Waals surface area contributed by atoms with Crippen LogP contribution >= 0.6 is 11.8 Å². The van der Waals surface area contributed by atoms with Gasteiger partial charge >= 0.3 is 0 Å². The molecular weight excluding hydrogens is 356 g/mol. The molecule has 2 aromatic rings. The maximum absolute atomic E-state index is 12.8. The molecule has 25 heavy (non-hydrogen) atoms. The molecule has 0 bridgehead atoms. The smallest absolute Gasteiger partial charge is 0.286 e. The molecule has 1 aliphatic carbocycles. The number of amides is 1. The Hall–Kier alpha value is -1.99. The van der Waals surface area contributed by atoms with Gasteiger partial charge in [0.2, 0.25) is 0 Å². The van der Waals surface area contributed by atoms with Gasteiger partial charge in [0.1, 0.15) is 0 Å². The average Bonchev–Trinajstić information content (AvgIpc) is 3.04. The molecule has 0 aromatic heterocycles. The molecule has 0 heterocycles. The van der Waals surface area contributed by atoms with E-state index in [1.54, 1.807) is 50.5 Å². The largest absolute Gasteiger partial charge is 0.339 e. The summed E-state index contributed by atoms with van der Waals surface area (Å²) in [6.45, 7) is 0. The predicted molar refractivity (Wildman–Crippen MR) is 101 cm³/mol. The van der Waals surface area contributed by atoms with Crippen LogP contribution in [0, 0.1) is 0 Å². The standard InChI is InChI=1S/C18H20N2O3S2/c1-20(2)18(21)24-17-9-4-3-8-16(17)19-25(22,23)15-11-10-13-6-5-7-14(13)12-15/h3-4,8-12,19H,5-7H2,1-2H3. The number of sulfonamides is 1. The quantitative estimate of drug-likeness (QED) is 0.826. The summed E-state index contributed by atoms with van der Waals surface area (Å²) in [5.41, 5.74) is 2.74. The van der Waals surface area contributed by atoms with E-state index in [0.29, 0.717) is 10.6 Å². The fourth-order valence-electron chi connectivity index (χ4n) is 2.74. The van der Waals surface area contributed by atoms with Gasteiger partial charge in [0.15, 0.2) is 0 Å². The third-order valence-corrected chi connectivity index (χ3v) is 6.55. The number of anilines is 1. The molecule has 7 heteroatoms. The summed E-state index contributed by atoms with van der Waals surface area (Å²) < 4.78 is 28.1. The number of hydrogen-bond acceptors (Lipinski definition) is 4. The van der Waals surface area contributed by atoms with E-state index in [1.807, 2.05) is 6.07 Å². The van der Waals surface area contributed by atoms with E-state index in [9.17, 15) is 13.2 Å². The number of carbonyl (C=O) groups excluding carboxylic acids is 1. The Kier molecular flexibility index (Phi) is 5.06. The van der Waals surface area contributed by atoms with Crippen molar-refractivity contribution in [3.63, 3.8) is 0 Å². The zero-order valence-corrected chi connectivity index (χ0v) is 15.8. The minimum Gasteiger partial charge on any atom is -0.339 e. The molecule has 0 aliphatic heterocycles. The second-order valence-corrected chi connectivity index (χ2v) is 8.82. The number of carbonyl (C=O) groups is 1. The first-order valence-corrected chi connectivity index (χ1v) is 10.3. The molecule has 1 N–H and O–H groups in total. The zero-order valence-electron chi connectivity index (χ0n) is 14.2. The van der Waals surface area contributed by atoms with Gasteiger partial charge in [-0.25, -0.2) is 8.42 Å². The van der Waals surface area contributed by atoms with Crippen LogP contribution in [0.5, 0.6) is 0 Å². The number of rotatable bonds is 4. The van der Waals surface area contributed by atoms with Crippen LogP contribution in [-0.4, -0.2) is 32.7 Å². The Morgan fingerprint density at radius 2 is 1.80 bits per heavy atom. The van der Waals surface area contributed by atoms with Gasteiger partial charge in [0.05, 0.1) is 10.6 Å². The molecule has 0 spiro atoms. The predicted octanol–water partition coefficient (Wildman–Crippen LogP) is 3.75. The topological polar surface area (TPSA) is 66.5 Å². The van der Waals surface area contributed by atoms with Crippen molar-refractivity contribution in [2.45, 2.75) is 29.1 Å². The van der Waals surface area contributed by atoms with Crippen LogP contribution < -0.4 is 4.72 Å². The van der Waals surface area contributed by atoms with Crippen molar-refractivity contribution in [3.05, 3.63) is 53.6 Å². The zero-order chi connectivity index (χ0) is 18.0. The van der Waals surface area contributed by atoms with Gasteiger partial charge in [-0.15, -0.1) is 0 Å². The molecular formula is C18H20N2O3S2. The molecule has 0 saturated carbocycles. The van der Waals surface area contributed by atoms with Gasteiger partial charge in [-0.2, -0.15) is 0 Å². The number of aryl methyl sites for hydroxylation is 2. The van der Waals surface area contributed by atoms with Crippen molar-refractivity contribution in [2.75, 3.05) is 18.8 Å². The highest BCUT2D eigenvalue weighted by Gasteiger charge is 2.20. The monoisotopic (exact) mass is 376 g/mol. The van der Waals surface area contributed by atoms with Gasteiger partial charge in [-0.1, -0.05) is 18.2 Å². The van der Waals surface area contributed by atoms with Gasteiger partial charge in [-0.3, -0.25) is 9.52 Å². The van der Waals surface area contributed by atoms with Gasteiger partial charge < -0.3 is 4.90 Å². The summed E-state index contributed by atoms with van der Waals surface area (Å²) in [6.07, 6.45) is 3.00. The number of nitrogens with one attached hydrogen (secondary N) is 1. The Balaban J connectivity index is 1.87. The van der Waals surface area contributed by atoms with Crippen molar-refractivity contribution in [2.24, 2.45) is 0 Å². The Bertz CT molecular complexity index is 908. The molecule has 5 nitrogen and oxygen atoms in total. The summed E-state index contributed by atoms with van der Waals surface area (Å²) in [7, 11) is -0.383. The van der Waals surface area contributed by atoms with Crippen LogP contribution in [0.1, 0.15) is 17.5 Å².